The number of pyridine rings is 1. The van der Waals surface area contributed by atoms with Crippen LogP contribution >= 0.6 is 0 Å². The second-order valence-corrected chi connectivity index (χ2v) is 6.85. The summed E-state index contributed by atoms with van der Waals surface area (Å²) in [7, 11) is 0. The zero-order valence-corrected chi connectivity index (χ0v) is 14.4. The number of hydrogen-bond donors (Lipinski definition) is 0. The topological polar surface area (TPSA) is 60.2 Å². The van der Waals surface area contributed by atoms with E-state index in [-0.39, 0.29) is 5.56 Å². The van der Waals surface area contributed by atoms with Crippen molar-refractivity contribution in [2.24, 2.45) is 5.92 Å². The van der Waals surface area contributed by atoms with E-state index in [9.17, 15) is 4.79 Å². The van der Waals surface area contributed by atoms with E-state index in [1.165, 1.54) is 11.3 Å². The first-order chi connectivity index (χ1) is 12.3. The Balaban J connectivity index is 1.57. The fourth-order valence-corrected chi connectivity index (χ4v) is 3.84. The molecule has 0 radical (unpaired) electrons. The highest BCUT2D eigenvalue weighted by Gasteiger charge is 2.21. The van der Waals surface area contributed by atoms with Crippen molar-refractivity contribution in [2.75, 3.05) is 31.2 Å². The molecule has 0 saturated carbocycles. The smallest absolute Gasteiger partial charge is 0.250 e. The van der Waals surface area contributed by atoms with Crippen LogP contribution in [0.1, 0.15) is 24.1 Å². The number of fused-ring (bicyclic) bond motifs is 1. The molecule has 2 aliphatic heterocycles. The standard InChI is InChI=1S/C19H24N4O2/c24-18-3-2-16-4-10-22(19-20-8-1-9-21-19)11-5-17(16)23(18)14-15-6-12-25-13-7-15/h1-3,8-9,15H,4-7,10-14H2. The van der Waals surface area contributed by atoms with Gasteiger partial charge in [0, 0.05) is 63.4 Å². The molecule has 0 unspecified atom stereocenters. The van der Waals surface area contributed by atoms with Gasteiger partial charge >= 0.3 is 0 Å². The molecule has 25 heavy (non-hydrogen) atoms. The van der Waals surface area contributed by atoms with Crippen LogP contribution in [0.4, 0.5) is 5.95 Å². The van der Waals surface area contributed by atoms with Crippen LogP contribution in [-0.2, 0) is 24.1 Å². The molecule has 1 fully saturated rings. The minimum Gasteiger partial charge on any atom is -0.381 e. The van der Waals surface area contributed by atoms with E-state index in [1.54, 1.807) is 18.5 Å². The SMILES string of the molecule is O=c1ccc2c(n1CC1CCOCC1)CCN(c1ncccn1)CC2. The minimum absolute atomic E-state index is 0.120. The molecule has 2 aromatic heterocycles. The molecule has 0 aliphatic carbocycles. The second-order valence-electron chi connectivity index (χ2n) is 6.85. The molecule has 6 nitrogen and oxygen atoms in total. The average Bonchev–Trinajstić information content (AvgIpc) is 2.88. The summed E-state index contributed by atoms with van der Waals surface area (Å²) in [5, 5.41) is 0. The molecule has 0 amide bonds. The van der Waals surface area contributed by atoms with Crippen LogP contribution < -0.4 is 10.5 Å². The largest absolute Gasteiger partial charge is 0.381 e. The zero-order chi connectivity index (χ0) is 17.1. The van der Waals surface area contributed by atoms with E-state index in [0.717, 1.165) is 64.5 Å². The Kier molecular flexibility index (Phi) is 4.78. The minimum atomic E-state index is 0.120. The Morgan fingerprint density at radius 3 is 2.64 bits per heavy atom. The summed E-state index contributed by atoms with van der Waals surface area (Å²) in [6, 6.07) is 5.57. The van der Waals surface area contributed by atoms with Crippen molar-refractivity contribution in [3.05, 3.63) is 52.2 Å². The van der Waals surface area contributed by atoms with Crippen LogP contribution in [0, 0.1) is 5.92 Å². The number of rotatable bonds is 3. The predicted molar refractivity (Wildman–Crippen MR) is 95.9 cm³/mol. The summed E-state index contributed by atoms with van der Waals surface area (Å²) in [6.07, 6.45) is 7.41. The summed E-state index contributed by atoms with van der Waals surface area (Å²) in [5.41, 5.74) is 2.59. The molecular weight excluding hydrogens is 316 g/mol. The van der Waals surface area contributed by atoms with Gasteiger partial charge in [-0.05, 0) is 36.8 Å². The van der Waals surface area contributed by atoms with Gasteiger partial charge in [-0.2, -0.15) is 0 Å². The molecule has 2 aromatic rings. The van der Waals surface area contributed by atoms with Gasteiger partial charge in [0.2, 0.25) is 5.95 Å². The van der Waals surface area contributed by atoms with Crippen LogP contribution in [0.5, 0.6) is 0 Å². The quantitative estimate of drug-likeness (QED) is 0.851. The average molecular weight is 340 g/mol. The van der Waals surface area contributed by atoms with E-state index < -0.39 is 0 Å². The van der Waals surface area contributed by atoms with Crippen LogP contribution in [0.2, 0.25) is 0 Å². The normalized spacial score (nSPS) is 18.6. The van der Waals surface area contributed by atoms with Crippen molar-refractivity contribution in [3.63, 3.8) is 0 Å². The van der Waals surface area contributed by atoms with E-state index >= 15 is 0 Å². The maximum absolute atomic E-state index is 12.5. The lowest BCUT2D eigenvalue weighted by atomic mass is 9.99. The second kappa shape index (κ2) is 7.35. The first-order valence-electron chi connectivity index (χ1n) is 9.12. The molecule has 0 N–H and O–H groups in total. The lowest BCUT2D eigenvalue weighted by molar-refractivity contribution is 0.0607. The molecule has 6 heteroatoms. The Bertz CT molecular complexity index is 769. The van der Waals surface area contributed by atoms with E-state index in [0.29, 0.717) is 5.92 Å². The monoisotopic (exact) mass is 340 g/mol. The summed E-state index contributed by atoms with van der Waals surface area (Å²) >= 11 is 0. The highest BCUT2D eigenvalue weighted by Crippen LogP contribution is 2.21. The van der Waals surface area contributed by atoms with Gasteiger partial charge in [-0.1, -0.05) is 6.07 Å². The van der Waals surface area contributed by atoms with Crippen molar-refractivity contribution in [1.29, 1.82) is 0 Å². The maximum Gasteiger partial charge on any atom is 0.250 e. The van der Waals surface area contributed by atoms with Crippen LogP contribution in [0.15, 0.2) is 35.4 Å². The number of ether oxygens (including phenoxy) is 1. The predicted octanol–water partition coefficient (Wildman–Crippen LogP) is 1.67. The first-order valence-corrected chi connectivity index (χ1v) is 9.12. The highest BCUT2D eigenvalue weighted by atomic mass is 16.5. The Morgan fingerprint density at radius 1 is 1.08 bits per heavy atom. The van der Waals surface area contributed by atoms with Crippen molar-refractivity contribution in [3.8, 4) is 0 Å². The molecule has 0 spiro atoms. The summed E-state index contributed by atoms with van der Waals surface area (Å²) < 4.78 is 7.47. The number of nitrogens with zero attached hydrogens (tertiary/aromatic N) is 4. The van der Waals surface area contributed by atoms with E-state index in [1.807, 2.05) is 16.7 Å². The lowest BCUT2D eigenvalue weighted by Gasteiger charge is -2.25. The first kappa shape index (κ1) is 16.3. The van der Waals surface area contributed by atoms with Gasteiger partial charge in [0.1, 0.15) is 0 Å². The van der Waals surface area contributed by atoms with Gasteiger partial charge in [-0.15, -0.1) is 0 Å². The fourth-order valence-electron chi connectivity index (χ4n) is 3.84. The molecule has 132 valence electrons. The third-order valence-corrected chi connectivity index (χ3v) is 5.28. The third kappa shape index (κ3) is 3.58. The Labute approximate surface area is 147 Å². The van der Waals surface area contributed by atoms with Crippen LogP contribution in [-0.4, -0.2) is 40.8 Å². The van der Waals surface area contributed by atoms with E-state index in [2.05, 4.69) is 14.9 Å². The van der Waals surface area contributed by atoms with Crippen molar-refractivity contribution in [2.45, 2.75) is 32.2 Å². The van der Waals surface area contributed by atoms with Gasteiger partial charge in [0.25, 0.3) is 5.56 Å². The maximum atomic E-state index is 12.5. The van der Waals surface area contributed by atoms with Crippen LogP contribution in [0.25, 0.3) is 0 Å². The van der Waals surface area contributed by atoms with Gasteiger partial charge < -0.3 is 14.2 Å². The van der Waals surface area contributed by atoms with Crippen molar-refractivity contribution < 1.29 is 4.74 Å². The van der Waals surface area contributed by atoms with Gasteiger partial charge in [0.05, 0.1) is 0 Å². The number of aromatic nitrogens is 3. The number of hydrogen-bond acceptors (Lipinski definition) is 5. The molecule has 2 aliphatic rings. The van der Waals surface area contributed by atoms with Crippen LogP contribution in [0.3, 0.4) is 0 Å². The molecule has 4 heterocycles. The highest BCUT2D eigenvalue weighted by molar-refractivity contribution is 5.33. The molecule has 1 saturated heterocycles. The lowest BCUT2D eigenvalue weighted by Crippen LogP contribution is -2.31. The summed E-state index contributed by atoms with van der Waals surface area (Å²) in [4.78, 5) is 23.5. The molecule has 0 bridgehead atoms. The van der Waals surface area contributed by atoms with Gasteiger partial charge in [0.15, 0.2) is 0 Å². The Morgan fingerprint density at radius 2 is 1.84 bits per heavy atom. The van der Waals surface area contributed by atoms with Crippen molar-refractivity contribution in [1.82, 2.24) is 14.5 Å². The molecule has 0 atom stereocenters. The van der Waals surface area contributed by atoms with Gasteiger partial charge in [-0.25, -0.2) is 9.97 Å². The number of anilines is 1. The fraction of sp³-hybridized carbons (Fsp3) is 0.526. The van der Waals surface area contributed by atoms with Crippen molar-refractivity contribution >= 4 is 5.95 Å². The molecule has 0 aromatic carbocycles. The molecular formula is C19H24N4O2. The summed E-state index contributed by atoms with van der Waals surface area (Å²) in [5.74, 6) is 1.31. The summed E-state index contributed by atoms with van der Waals surface area (Å²) in [6.45, 7) is 4.16. The zero-order valence-electron chi connectivity index (χ0n) is 14.4. The van der Waals surface area contributed by atoms with Gasteiger partial charge in [-0.3, -0.25) is 4.79 Å². The Hall–Kier alpha value is -2.21. The van der Waals surface area contributed by atoms with E-state index in [4.69, 9.17) is 4.74 Å². The molecule has 4 rings (SSSR count). The third-order valence-electron chi connectivity index (χ3n) is 5.28.